The van der Waals surface area contributed by atoms with Crippen LogP contribution in [0.5, 0.6) is 0 Å². The molecule has 0 atom stereocenters. The van der Waals surface area contributed by atoms with Gasteiger partial charge in [-0.15, -0.1) is 0 Å². The Labute approximate surface area is 123 Å². The molecule has 1 fully saturated rings. The van der Waals surface area contributed by atoms with Gasteiger partial charge in [-0.3, -0.25) is 0 Å². The van der Waals surface area contributed by atoms with Crippen LogP contribution in [0.1, 0.15) is 38.7 Å². The van der Waals surface area contributed by atoms with Crippen molar-refractivity contribution in [2.24, 2.45) is 0 Å². The van der Waals surface area contributed by atoms with Crippen LogP contribution in [0.25, 0.3) is 0 Å². The molecule has 1 aromatic rings. The number of hydrogen-bond donors (Lipinski definition) is 0. The van der Waals surface area contributed by atoms with Crippen molar-refractivity contribution in [1.29, 1.82) is 0 Å². The maximum absolute atomic E-state index is 12.2. The molecule has 0 aliphatic carbocycles. The van der Waals surface area contributed by atoms with Crippen molar-refractivity contribution >= 4 is 13.2 Å². The van der Waals surface area contributed by atoms with Crippen LogP contribution in [-0.4, -0.2) is 30.1 Å². The van der Waals surface area contributed by atoms with Crippen molar-refractivity contribution in [1.82, 2.24) is 0 Å². The predicted molar refractivity (Wildman–Crippen MR) is 88.1 cm³/mol. The Balaban J connectivity index is 1.89. The monoisotopic (exact) mass is 294 g/mol. The Morgan fingerprint density at radius 2 is 1.80 bits per heavy atom. The van der Waals surface area contributed by atoms with E-state index in [0.29, 0.717) is 12.3 Å². The fraction of sp³-hybridized carbons (Fsp3) is 0.588. The van der Waals surface area contributed by atoms with Crippen molar-refractivity contribution in [3.63, 3.8) is 0 Å². The summed E-state index contributed by atoms with van der Waals surface area (Å²) in [5, 5.41) is 0. The fourth-order valence-corrected chi connectivity index (χ4v) is 8.04. The minimum absolute atomic E-state index is 0.0242. The summed E-state index contributed by atoms with van der Waals surface area (Å²) in [6, 6.07) is 9.95. The molecule has 2 rings (SSSR count). The number of carbonyl (C=O) groups excluding carboxylic acids is 1. The van der Waals surface area contributed by atoms with Gasteiger partial charge in [-0.25, -0.2) is 0 Å². The molecule has 0 unspecified atom stereocenters. The van der Waals surface area contributed by atoms with Crippen molar-refractivity contribution in [2.45, 2.75) is 45.4 Å². The second-order valence-corrected chi connectivity index (χ2v) is 11.6. The van der Waals surface area contributed by atoms with Crippen molar-refractivity contribution < 1.29 is 9.53 Å². The third kappa shape index (κ3) is 4.06. The Hall–Kier alpha value is -0.880. The SMILES string of the molecule is CC(C)[PH]1(CC(=O)OCc2ccccc2)CCCCC1. The summed E-state index contributed by atoms with van der Waals surface area (Å²) < 4.78 is 5.50. The molecule has 1 aliphatic heterocycles. The number of benzene rings is 1. The first-order chi connectivity index (χ1) is 9.62. The van der Waals surface area contributed by atoms with Gasteiger partial charge in [0.25, 0.3) is 0 Å². The molecule has 1 aliphatic rings. The maximum atomic E-state index is 12.2. The topological polar surface area (TPSA) is 26.3 Å². The van der Waals surface area contributed by atoms with Crippen LogP contribution < -0.4 is 0 Å². The quantitative estimate of drug-likeness (QED) is 0.604. The van der Waals surface area contributed by atoms with Gasteiger partial charge in [-0.1, -0.05) is 0 Å². The molecule has 0 radical (unpaired) electrons. The molecule has 112 valence electrons. The summed E-state index contributed by atoms with van der Waals surface area (Å²) >= 11 is 0. The summed E-state index contributed by atoms with van der Waals surface area (Å²) in [4.78, 5) is 12.2. The van der Waals surface area contributed by atoms with E-state index in [1.165, 1.54) is 31.6 Å². The summed E-state index contributed by atoms with van der Waals surface area (Å²) in [5.41, 5.74) is 1.76. The number of hydrogen-bond acceptors (Lipinski definition) is 2. The summed E-state index contributed by atoms with van der Waals surface area (Å²) in [6.07, 6.45) is 7.32. The summed E-state index contributed by atoms with van der Waals surface area (Å²) in [5.74, 6) is 0.0242. The van der Waals surface area contributed by atoms with Crippen LogP contribution in [-0.2, 0) is 16.1 Å². The van der Waals surface area contributed by atoms with Crippen LogP contribution >= 0.6 is 7.26 Å². The van der Waals surface area contributed by atoms with E-state index in [4.69, 9.17) is 4.74 Å². The molecule has 2 nitrogen and oxygen atoms in total. The van der Waals surface area contributed by atoms with Crippen LogP contribution in [0.2, 0.25) is 0 Å². The molecular weight excluding hydrogens is 267 g/mol. The second-order valence-electron chi connectivity index (χ2n) is 6.40. The molecule has 0 saturated carbocycles. The van der Waals surface area contributed by atoms with Crippen molar-refractivity contribution in [3.8, 4) is 0 Å². The van der Waals surface area contributed by atoms with E-state index >= 15 is 0 Å². The number of ether oxygens (including phenoxy) is 1. The van der Waals surface area contributed by atoms with Crippen LogP contribution in [0.15, 0.2) is 30.3 Å². The van der Waals surface area contributed by atoms with E-state index in [1.807, 2.05) is 30.3 Å². The molecular formula is C17H27O2P. The molecule has 1 heterocycles. The number of esters is 1. The average molecular weight is 294 g/mol. The third-order valence-electron chi connectivity index (χ3n) is 4.81. The van der Waals surface area contributed by atoms with Gasteiger partial charge in [0.15, 0.2) is 0 Å². The normalized spacial score (nSPS) is 19.6. The second kappa shape index (κ2) is 7.22. The van der Waals surface area contributed by atoms with E-state index in [1.54, 1.807) is 0 Å². The molecule has 0 aromatic heterocycles. The van der Waals surface area contributed by atoms with Gasteiger partial charge < -0.3 is 0 Å². The van der Waals surface area contributed by atoms with Gasteiger partial charge in [0.2, 0.25) is 0 Å². The van der Waals surface area contributed by atoms with Gasteiger partial charge in [-0.05, 0) is 0 Å². The van der Waals surface area contributed by atoms with Crippen molar-refractivity contribution in [2.75, 3.05) is 18.5 Å². The molecule has 1 aromatic carbocycles. The molecule has 0 amide bonds. The first-order valence-corrected chi connectivity index (χ1v) is 10.5. The van der Waals surface area contributed by atoms with E-state index < -0.39 is 7.26 Å². The van der Waals surface area contributed by atoms with Gasteiger partial charge in [0, 0.05) is 0 Å². The molecule has 3 heteroatoms. The fourth-order valence-electron chi connectivity index (χ4n) is 3.29. The number of rotatable bonds is 5. The molecule has 0 spiro atoms. The zero-order valence-corrected chi connectivity index (χ0v) is 13.7. The predicted octanol–water partition coefficient (Wildman–Crippen LogP) is 4.07. The first-order valence-electron chi connectivity index (χ1n) is 7.82. The first kappa shape index (κ1) is 15.5. The Morgan fingerprint density at radius 3 is 2.40 bits per heavy atom. The van der Waals surface area contributed by atoms with Crippen molar-refractivity contribution in [3.05, 3.63) is 35.9 Å². The average Bonchev–Trinajstić information content (AvgIpc) is 2.47. The van der Waals surface area contributed by atoms with E-state index in [-0.39, 0.29) is 5.97 Å². The Kier molecular flexibility index (Phi) is 5.60. The van der Waals surface area contributed by atoms with Gasteiger partial charge in [0.05, 0.1) is 0 Å². The molecule has 0 bridgehead atoms. The van der Waals surface area contributed by atoms with E-state index in [9.17, 15) is 4.79 Å². The van der Waals surface area contributed by atoms with Gasteiger partial charge in [-0.2, -0.15) is 0 Å². The van der Waals surface area contributed by atoms with Gasteiger partial charge in [0.1, 0.15) is 0 Å². The summed E-state index contributed by atoms with van der Waals surface area (Å²) in [7, 11) is -1.44. The molecule has 0 N–H and O–H groups in total. The Bertz CT molecular complexity index is 422. The van der Waals surface area contributed by atoms with Crippen LogP contribution in [0, 0.1) is 0 Å². The van der Waals surface area contributed by atoms with Crippen LogP contribution in [0.4, 0.5) is 0 Å². The van der Waals surface area contributed by atoms with E-state index in [0.717, 1.165) is 11.7 Å². The third-order valence-corrected chi connectivity index (χ3v) is 11.0. The number of carbonyl (C=O) groups is 1. The Morgan fingerprint density at radius 1 is 1.15 bits per heavy atom. The van der Waals surface area contributed by atoms with Crippen LogP contribution in [0.3, 0.4) is 0 Å². The zero-order chi connectivity index (χ0) is 14.4. The van der Waals surface area contributed by atoms with E-state index in [2.05, 4.69) is 13.8 Å². The standard InChI is InChI=1S/C17H27O2P/c1-15(2)20(11-7-4-8-12-20)14-17(18)19-13-16-9-5-3-6-10-16/h3,5-6,9-10,15,20H,4,7-8,11-14H2,1-2H3. The zero-order valence-electron chi connectivity index (χ0n) is 12.7. The summed E-state index contributed by atoms with van der Waals surface area (Å²) in [6.45, 7) is 5.03. The molecule has 20 heavy (non-hydrogen) atoms. The van der Waals surface area contributed by atoms with Gasteiger partial charge >= 0.3 is 123 Å². The minimum atomic E-state index is -1.44. The molecule has 1 saturated heterocycles.